The van der Waals surface area contributed by atoms with Gasteiger partial charge in [-0.1, -0.05) is 26.3 Å². The summed E-state index contributed by atoms with van der Waals surface area (Å²) in [6, 6.07) is 8.55. The van der Waals surface area contributed by atoms with Gasteiger partial charge in [0.05, 0.1) is 5.56 Å². The Morgan fingerprint density at radius 1 is 1.35 bits per heavy atom. The molecule has 0 aliphatic carbocycles. The van der Waals surface area contributed by atoms with Gasteiger partial charge in [-0.25, -0.2) is 0 Å². The quantitative estimate of drug-likeness (QED) is 0.779. The van der Waals surface area contributed by atoms with Crippen molar-refractivity contribution >= 4 is 11.8 Å². The Morgan fingerprint density at radius 3 is 2.60 bits per heavy atom. The van der Waals surface area contributed by atoms with E-state index < -0.39 is 0 Å². The van der Waals surface area contributed by atoms with E-state index in [1.54, 1.807) is 11.8 Å². The predicted octanol–water partition coefficient (Wildman–Crippen LogP) is 4.58. The zero-order valence-electron chi connectivity index (χ0n) is 13.3. The van der Waals surface area contributed by atoms with Gasteiger partial charge in [-0.2, -0.15) is 5.26 Å². The number of nitriles is 1. The van der Waals surface area contributed by atoms with Crippen LogP contribution in [0.5, 0.6) is 0 Å². The summed E-state index contributed by atoms with van der Waals surface area (Å²) < 4.78 is 0. The molecule has 0 aliphatic heterocycles. The molecule has 20 heavy (non-hydrogen) atoms. The lowest BCUT2D eigenvalue weighted by molar-refractivity contribution is 0.424. The minimum absolute atomic E-state index is 0.0940. The molecule has 1 rings (SSSR count). The van der Waals surface area contributed by atoms with Crippen LogP contribution in [0.15, 0.2) is 23.1 Å². The van der Waals surface area contributed by atoms with Gasteiger partial charge in [0.25, 0.3) is 0 Å². The lowest BCUT2D eigenvalue weighted by atomic mass is 10.1. The van der Waals surface area contributed by atoms with Crippen LogP contribution < -0.4 is 5.32 Å². The smallest absolute Gasteiger partial charge is 0.100 e. The molecule has 0 saturated heterocycles. The Morgan fingerprint density at radius 2 is 2.05 bits per heavy atom. The molecule has 0 aromatic heterocycles. The second kappa shape index (κ2) is 7.71. The van der Waals surface area contributed by atoms with Crippen LogP contribution in [0.1, 0.15) is 52.2 Å². The summed E-state index contributed by atoms with van der Waals surface area (Å²) in [6.45, 7) is 11.7. The molecule has 0 heterocycles. The van der Waals surface area contributed by atoms with Crippen molar-refractivity contribution in [2.24, 2.45) is 5.92 Å². The van der Waals surface area contributed by atoms with Crippen molar-refractivity contribution in [1.82, 2.24) is 5.32 Å². The van der Waals surface area contributed by atoms with Crippen LogP contribution in [0, 0.1) is 17.2 Å². The Hall–Kier alpha value is -0.980. The molecular weight excluding hydrogens is 264 g/mol. The Labute approximate surface area is 128 Å². The van der Waals surface area contributed by atoms with Gasteiger partial charge in [-0.3, -0.25) is 0 Å². The molecule has 3 heteroatoms. The van der Waals surface area contributed by atoms with Crippen LogP contribution in [0.25, 0.3) is 0 Å². The molecule has 2 nitrogen and oxygen atoms in total. The number of thioether (sulfide) groups is 1. The van der Waals surface area contributed by atoms with Crippen molar-refractivity contribution < 1.29 is 0 Å². The summed E-state index contributed by atoms with van der Waals surface area (Å²) in [5, 5.41) is 12.8. The van der Waals surface area contributed by atoms with Crippen LogP contribution in [0.4, 0.5) is 0 Å². The van der Waals surface area contributed by atoms with Gasteiger partial charge >= 0.3 is 0 Å². The van der Waals surface area contributed by atoms with Gasteiger partial charge in [0, 0.05) is 22.7 Å². The van der Waals surface area contributed by atoms with Gasteiger partial charge in [0.2, 0.25) is 0 Å². The lowest BCUT2D eigenvalue weighted by Gasteiger charge is -2.20. The first kappa shape index (κ1) is 17.1. The minimum Gasteiger partial charge on any atom is -0.308 e. The van der Waals surface area contributed by atoms with Crippen molar-refractivity contribution in [2.75, 3.05) is 5.75 Å². The van der Waals surface area contributed by atoms with E-state index in [0.29, 0.717) is 5.92 Å². The fraction of sp³-hybridized carbons (Fsp3) is 0.588. The summed E-state index contributed by atoms with van der Waals surface area (Å²) in [7, 11) is 0. The molecule has 1 unspecified atom stereocenters. The molecule has 0 bridgehead atoms. The van der Waals surface area contributed by atoms with Crippen molar-refractivity contribution in [3.63, 3.8) is 0 Å². The molecule has 1 N–H and O–H groups in total. The maximum absolute atomic E-state index is 9.31. The van der Waals surface area contributed by atoms with E-state index in [4.69, 9.17) is 0 Å². The molecule has 1 aromatic carbocycles. The molecule has 110 valence electrons. The molecule has 0 aliphatic rings. The summed E-state index contributed by atoms with van der Waals surface area (Å²) >= 11 is 1.79. The number of hydrogen-bond acceptors (Lipinski definition) is 3. The third-order valence-electron chi connectivity index (χ3n) is 3.21. The summed E-state index contributed by atoms with van der Waals surface area (Å²) in [6.07, 6.45) is 1.18. The average Bonchev–Trinajstić information content (AvgIpc) is 2.41. The zero-order valence-corrected chi connectivity index (χ0v) is 14.1. The molecule has 0 amide bonds. The lowest BCUT2D eigenvalue weighted by Crippen LogP contribution is -2.35. The molecular formula is C17H26N2S. The molecule has 0 spiro atoms. The molecule has 1 aromatic rings. The third-order valence-corrected chi connectivity index (χ3v) is 4.61. The molecule has 0 fully saturated rings. The standard InChI is InChI=1S/C17H26N2S/c1-6-13(2)12-20-16-8-7-14(9-15(16)10-18)11-19-17(3,4)5/h7-9,13,19H,6,11-12H2,1-5H3. The molecule has 0 radical (unpaired) electrons. The maximum atomic E-state index is 9.31. The third kappa shape index (κ3) is 5.98. The van der Waals surface area contributed by atoms with E-state index in [0.717, 1.165) is 22.8 Å². The van der Waals surface area contributed by atoms with E-state index in [1.165, 1.54) is 12.0 Å². The van der Waals surface area contributed by atoms with Gasteiger partial charge in [0.15, 0.2) is 0 Å². The van der Waals surface area contributed by atoms with Crippen LogP contribution in [0.2, 0.25) is 0 Å². The first-order valence-electron chi connectivity index (χ1n) is 7.26. The van der Waals surface area contributed by atoms with Gasteiger partial charge in [-0.15, -0.1) is 11.8 Å². The SMILES string of the molecule is CCC(C)CSc1ccc(CNC(C)(C)C)cc1C#N. The fourth-order valence-corrected chi connectivity index (χ4v) is 2.74. The van der Waals surface area contributed by atoms with E-state index in [1.807, 2.05) is 6.07 Å². The number of hydrogen-bond donors (Lipinski definition) is 1. The summed E-state index contributed by atoms with van der Waals surface area (Å²) in [4.78, 5) is 1.10. The summed E-state index contributed by atoms with van der Waals surface area (Å²) in [5.74, 6) is 1.76. The first-order valence-corrected chi connectivity index (χ1v) is 8.25. The van der Waals surface area contributed by atoms with Crippen LogP contribution in [0.3, 0.4) is 0 Å². The number of nitrogens with one attached hydrogen (secondary N) is 1. The number of rotatable bonds is 6. The highest BCUT2D eigenvalue weighted by Crippen LogP contribution is 2.26. The van der Waals surface area contributed by atoms with Crippen molar-refractivity contribution in [3.8, 4) is 6.07 Å². The van der Waals surface area contributed by atoms with Crippen molar-refractivity contribution in [2.45, 2.75) is 58.0 Å². The van der Waals surface area contributed by atoms with Crippen LogP contribution >= 0.6 is 11.8 Å². The second-order valence-corrected chi connectivity index (χ2v) is 7.43. The normalized spacial score (nSPS) is 13.0. The van der Waals surface area contributed by atoms with Gasteiger partial charge < -0.3 is 5.32 Å². The maximum Gasteiger partial charge on any atom is 0.100 e. The van der Waals surface area contributed by atoms with E-state index in [2.05, 4.69) is 58.1 Å². The molecule has 1 atom stereocenters. The van der Waals surface area contributed by atoms with E-state index in [9.17, 15) is 5.26 Å². The minimum atomic E-state index is 0.0940. The monoisotopic (exact) mass is 290 g/mol. The van der Waals surface area contributed by atoms with Crippen molar-refractivity contribution in [3.05, 3.63) is 29.3 Å². The highest BCUT2D eigenvalue weighted by atomic mass is 32.2. The number of benzene rings is 1. The average molecular weight is 290 g/mol. The van der Waals surface area contributed by atoms with Crippen LogP contribution in [-0.4, -0.2) is 11.3 Å². The Balaban J connectivity index is 2.73. The van der Waals surface area contributed by atoms with Crippen molar-refractivity contribution in [1.29, 1.82) is 5.26 Å². The number of nitrogens with zero attached hydrogens (tertiary/aromatic N) is 1. The Bertz CT molecular complexity index is 469. The fourth-order valence-electron chi connectivity index (χ4n) is 1.62. The van der Waals surface area contributed by atoms with E-state index >= 15 is 0 Å². The summed E-state index contributed by atoms with van der Waals surface area (Å²) in [5.41, 5.74) is 2.06. The first-order chi connectivity index (χ1) is 9.35. The van der Waals surface area contributed by atoms with Gasteiger partial charge in [-0.05, 0) is 44.4 Å². The zero-order chi connectivity index (χ0) is 15.2. The molecule has 0 saturated carbocycles. The second-order valence-electron chi connectivity index (χ2n) is 6.37. The topological polar surface area (TPSA) is 35.8 Å². The van der Waals surface area contributed by atoms with Crippen LogP contribution in [-0.2, 0) is 6.54 Å². The highest BCUT2D eigenvalue weighted by Gasteiger charge is 2.10. The predicted molar refractivity (Wildman–Crippen MR) is 87.9 cm³/mol. The highest BCUT2D eigenvalue weighted by molar-refractivity contribution is 7.99. The van der Waals surface area contributed by atoms with Gasteiger partial charge in [0.1, 0.15) is 6.07 Å². The Kier molecular flexibility index (Phi) is 6.58. The van der Waals surface area contributed by atoms with E-state index in [-0.39, 0.29) is 5.54 Å². The largest absolute Gasteiger partial charge is 0.308 e.